The molecule has 0 spiro atoms. The molecular formula is C123H128NO6S14+11. The van der Waals surface area contributed by atoms with Crippen LogP contribution in [0.4, 0.5) is 11.4 Å². The van der Waals surface area contributed by atoms with Crippen molar-refractivity contribution in [2.75, 3.05) is 102 Å². The number of ketones is 2. The van der Waals surface area contributed by atoms with Gasteiger partial charge in [-0.2, -0.15) is 0 Å². The van der Waals surface area contributed by atoms with Gasteiger partial charge in [0.2, 0.25) is 19.6 Å². The molecule has 1 aromatic heterocycles. The van der Waals surface area contributed by atoms with Gasteiger partial charge < -0.3 is 10.1 Å². The van der Waals surface area contributed by atoms with Crippen molar-refractivity contribution in [1.82, 2.24) is 0 Å². The summed E-state index contributed by atoms with van der Waals surface area (Å²) in [6.45, 7) is 0. The quantitative estimate of drug-likeness (QED) is 0.0909. The first kappa shape index (κ1) is 106. The minimum Gasteiger partial charge on any atom is -0.447 e. The number of hydrogen-bond donors (Lipinski definition) is 1. The van der Waals surface area contributed by atoms with Gasteiger partial charge in [-0.25, -0.2) is 12.6 Å². The predicted octanol–water partition coefficient (Wildman–Crippen LogP) is 28.7. The molecule has 734 valence electrons. The fourth-order valence-electron chi connectivity index (χ4n) is 18.8. The molecule has 11 aliphatic rings. The zero-order chi connectivity index (χ0) is 100. The number of hydrogen-bond acceptors (Lipinski definition) is 8. The van der Waals surface area contributed by atoms with Crippen LogP contribution < -0.4 is 10.1 Å². The van der Waals surface area contributed by atoms with Gasteiger partial charge in [0.1, 0.15) is 110 Å². The Hall–Kier alpha value is -9.24. The Morgan fingerprint density at radius 1 is 0.354 bits per heavy atom. The Morgan fingerprint density at radius 2 is 0.708 bits per heavy atom. The minimum absolute atomic E-state index is 0.00369. The monoisotopic (exact) mass is 2160 g/mol. The number of fused-ring (bicyclic) bond motifs is 17. The highest BCUT2D eigenvalue weighted by Crippen LogP contribution is 2.48. The molecule has 21 heteroatoms. The lowest BCUT2D eigenvalue weighted by molar-refractivity contribution is -0.118. The Bertz CT molecular complexity index is 6780. The highest BCUT2D eigenvalue weighted by atomic mass is 32.2. The molecule has 0 saturated carbocycles. The molecule has 3 saturated heterocycles. The third-order valence-electron chi connectivity index (χ3n) is 26.6. The Balaban J connectivity index is 0.000000110. The predicted molar refractivity (Wildman–Crippen MR) is 638 cm³/mol. The van der Waals surface area contributed by atoms with E-state index in [4.69, 9.17) is 4.74 Å². The average molecular weight is 2170 g/mol. The van der Waals surface area contributed by atoms with Crippen LogP contribution in [0, 0.1) is 5.92 Å². The molecule has 15 aromatic carbocycles. The molecule has 11 heterocycles. The van der Waals surface area contributed by atoms with Crippen LogP contribution in [0.5, 0.6) is 11.5 Å². The number of thiophene rings is 1. The summed E-state index contributed by atoms with van der Waals surface area (Å²) in [7, 11) is -1.47. The molecule has 144 heavy (non-hydrogen) atoms. The molecular weight excluding hydrogens is 2040 g/mol. The highest BCUT2D eigenvalue weighted by molar-refractivity contribution is 8.04. The Kier molecular flexibility index (Phi) is 37.3. The van der Waals surface area contributed by atoms with Gasteiger partial charge in [-0.1, -0.05) is 224 Å². The second kappa shape index (κ2) is 50.6. The third-order valence-corrected chi connectivity index (χ3v) is 54.3. The second-order valence-corrected chi connectivity index (χ2v) is 63.0. The summed E-state index contributed by atoms with van der Waals surface area (Å²) in [4.78, 5) is 46.9. The lowest BCUT2D eigenvalue weighted by atomic mass is 9.91. The van der Waals surface area contributed by atoms with Gasteiger partial charge in [0.15, 0.2) is 75.6 Å². The van der Waals surface area contributed by atoms with E-state index in [0.717, 1.165) is 89.2 Å². The van der Waals surface area contributed by atoms with Crippen molar-refractivity contribution in [3.05, 3.63) is 405 Å². The maximum Gasteiger partial charge on any atom is 0.216 e. The molecule has 7 nitrogen and oxygen atoms in total. The van der Waals surface area contributed by atoms with E-state index >= 15 is 0 Å². The van der Waals surface area contributed by atoms with Crippen molar-refractivity contribution >= 4 is 199 Å². The molecule has 2 atom stereocenters. The summed E-state index contributed by atoms with van der Waals surface area (Å²) in [6.07, 6.45) is 43.5. The van der Waals surface area contributed by atoms with Crippen LogP contribution in [-0.4, -0.2) is 126 Å². The normalized spacial score (nSPS) is 18.1. The van der Waals surface area contributed by atoms with E-state index < -0.39 is 20.6 Å². The number of aryl methyl sites for hydroxylation is 1. The van der Waals surface area contributed by atoms with Crippen molar-refractivity contribution in [3.63, 3.8) is 0 Å². The maximum atomic E-state index is 12.4. The molecule has 1 aliphatic carbocycles. The molecule has 2 unspecified atom stereocenters. The number of thiol groups is 1. The molecule has 0 radical (unpaired) electrons. The fraction of sp³-hybridized carbons (Fsp3) is 0.211. The number of Topliss-reactive ketones (excluding diaryl/α,β-unsaturated/α-hetero) is 2. The van der Waals surface area contributed by atoms with Crippen molar-refractivity contribution in [2.45, 2.75) is 144 Å². The van der Waals surface area contributed by atoms with E-state index in [1.807, 2.05) is 133 Å². The van der Waals surface area contributed by atoms with E-state index in [1.54, 1.807) is 24.3 Å². The lowest BCUT2D eigenvalue weighted by Crippen LogP contribution is -2.31. The first-order valence-electron chi connectivity index (χ1n) is 48.6. The largest absolute Gasteiger partial charge is 0.447 e. The van der Waals surface area contributed by atoms with E-state index in [1.165, 1.54) is 166 Å². The van der Waals surface area contributed by atoms with Gasteiger partial charge in [-0.15, -0.1) is 10.5 Å². The number of carbonyl (C=O) groups is 2. The molecule has 10 aliphatic heterocycles. The summed E-state index contributed by atoms with van der Waals surface area (Å²) in [5.41, 5.74) is 6.43. The Labute approximate surface area is 892 Å². The molecule has 16 aromatic rings. The smallest absolute Gasteiger partial charge is 0.216 e. The van der Waals surface area contributed by atoms with Gasteiger partial charge >= 0.3 is 0 Å². The second-order valence-electron chi connectivity index (χ2n) is 36.1. The van der Waals surface area contributed by atoms with Crippen molar-refractivity contribution < 1.29 is 27.0 Å². The number of para-hydroxylation sites is 4. The molecule has 0 bridgehead atoms. The molecule has 27 rings (SSSR count). The number of nitrogens with one attached hydrogen (secondary N) is 1. The number of rotatable bonds is 0. The summed E-state index contributed by atoms with van der Waals surface area (Å²) < 4.78 is 46.1. The topological polar surface area (TPSA) is 107 Å². The van der Waals surface area contributed by atoms with Crippen LogP contribution in [0.1, 0.15) is 66.4 Å². The SMILES string of the molecule is C[S+]1CCC(=O)CC1.C[S+]1CCCC1.C[S+]1CCCCC1.C[S+]1c2ccccc2Cc2ccccc21.C[S+]1c2ccccc2Nc2ccccc21.C[S+]1c2ccccc2Oc2ccccc21.C[S+]1c2ccccc2S(=O)(=O)c2ccccc21.C[S+]1c2ccccc2S(=O)c2ccccc21.C[S+]1c2ccccc2Sc2ccccc21.C[SH+]1=C2C=CC=CC2C(=O)c2ccccc21.C[s+]1c2ccccc2c2ccccc21. The standard InChI is InChI=1S/C14H12OS.C14H13S.C13H12NS.C13H11O2S2.C13H11OS2.C13H11OS.C13H11S2.C13H11S.C6H11OS.C6H13S.C5H11S/c1-16-12-8-4-2-6-10(12)14(15)11-7-3-5-9-13(11)16;1-15-13-8-4-2-6-11(13)10-12-7-3-5-9-14(12)15;1-15-12-8-4-2-6-10(12)14-11-7-3-5-9-13(11)15;1-16-10-6-2-4-8-12(10)17(14,15)13-9-5-3-7-11(13)16;1-15-10-6-2-4-8-12(10)16(14)13-9-5-3-7-11(13)15;2*1-15-12-8-4-2-6-10(12)14-11-7-3-5-9-13(11)15;1-14-12-8-4-2-6-10(12)11-7-3-5-9-13(11)14;1-8-4-2-6(7)3-5-8;1-7-5-3-2-4-6-7;1-6-4-2-3-5-6/h2-10H,1H3;2-9H,10H2,1H3;2-9,14H,1H3;2-9H,1H3;2-9H,1H3;2*2-9H,1H3;2-9H,1H3;2-5H2,1H3;2-6H2,1H3;2-5H2,1H3/q;10*+1/p+1. The first-order valence-corrected chi connectivity index (χ1v) is 71.2. The lowest BCUT2D eigenvalue weighted by Gasteiger charge is -2.21. The Morgan fingerprint density at radius 3 is 1.19 bits per heavy atom. The van der Waals surface area contributed by atoms with E-state index in [-0.39, 0.29) is 98.0 Å². The van der Waals surface area contributed by atoms with Crippen LogP contribution >= 0.6 is 22.2 Å². The fourth-order valence-corrected chi connectivity index (χ4v) is 44.1. The minimum atomic E-state index is -3.33. The van der Waals surface area contributed by atoms with Crippen molar-refractivity contribution in [2.24, 2.45) is 12.2 Å². The summed E-state index contributed by atoms with van der Waals surface area (Å²) >= 11 is 1.89. The van der Waals surface area contributed by atoms with Crippen molar-refractivity contribution in [1.29, 1.82) is 0 Å². The zero-order valence-corrected chi connectivity index (χ0v) is 95.1. The maximum absolute atomic E-state index is 12.4. The van der Waals surface area contributed by atoms with Crippen LogP contribution in [0.15, 0.2) is 481 Å². The third kappa shape index (κ3) is 25.0. The number of ether oxygens (including phenoxy) is 1. The zero-order valence-electron chi connectivity index (χ0n) is 83.6. The van der Waals surface area contributed by atoms with Gasteiger partial charge in [-0.3, -0.25) is 9.59 Å². The van der Waals surface area contributed by atoms with Crippen LogP contribution in [0.2, 0.25) is 0 Å². The summed E-state index contributed by atoms with van der Waals surface area (Å²) in [5, 5.41) is 6.33. The van der Waals surface area contributed by atoms with Gasteiger partial charge in [-0.05, 0) is 251 Å². The molecule has 3 fully saturated rings. The number of allylic oxidation sites excluding steroid dienone is 4. The van der Waals surface area contributed by atoms with Gasteiger partial charge in [0, 0.05) is 28.3 Å². The molecule has 0 amide bonds. The van der Waals surface area contributed by atoms with E-state index in [9.17, 15) is 22.2 Å². The number of sulfone groups is 1. The van der Waals surface area contributed by atoms with Crippen LogP contribution in [-0.2, 0) is 147 Å². The number of carbonyl (C=O) groups excluding carboxylic acids is 2. The van der Waals surface area contributed by atoms with E-state index in [0.29, 0.717) is 26.5 Å². The number of anilines is 2. The summed E-state index contributed by atoms with van der Waals surface area (Å²) in [6, 6.07) is 125. The first-order chi connectivity index (χ1) is 70.1. The van der Waals surface area contributed by atoms with E-state index in [2.05, 4.69) is 317 Å². The van der Waals surface area contributed by atoms with Crippen molar-refractivity contribution in [3.8, 4) is 11.5 Å². The van der Waals surface area contributed by atoms with Crippen LogP contribution in [0.25, 0.3) is 20.2 Å². The van der Waals surface area contributed by atoms with Gasteiger partial charge in [0.05, 0.1) is 151 Å². The number of benzene rings is 15. The van der Waals surface area contributed by atoms with Crippen LogP contribution in [0.3, 0.4) is 0 Å². The highest BCUT2D eigenvalue weighted by Gasteiger charge is 2.43. The molecule has 1 N–H and O–H groups in total. The average Bonchev–Trinajstić information content (AvgIpc) is 1.79. The summed E-state index contributed by atoms with van der Waals surface area (Å²) in [5.74, 6) is 11.1. The van der Waals surface area contributed by atoms with Gasteiger partial charge in [0.25, 0.3) is 0 Å².